The average Bonchev–Trinajstić information content (AvgIpc) is 2.49. The van der Waals surface area contributed by atoms with Crippen molar-refractivity contribution in [3.8, 4) is 0 Å². The monoisotopic (exact) mass is 223 g/mol. The van der Waals surface area contributed by atoms with Crippen LogP contribution < -0.4 is 5.32 Å². The largest absolute Gasteiger partial charge is 0.290 e. The van der Waals surface area contributed by atoms with E-state index in [0.29, 0.717) is 10.5 Å². The van der Waals surface area contributed by atoms with Gasteiger partial charge in [-0.1, -0.05) is 12.1 Å². The molecule has 0 bridgehead atoms. The quantitative estimate of drug-likeness (QED) is 0.742. The van der Waals surface area contributed by atoms with Crippen molar-refractivity contribution in [1.82, 2.24) is 5.32 Å². The Balaban J connectivity index is 2.27. The number of carbonyl (C=O) groups excluding carboxylic acids is 2. The zero-order chi connectivity index (χ0) is 10.8. The molecule has 1 aromatic rings. The number of thioether (sulfide) groups is 1. The van der Waals surface area contributed by atoms with E-state index >= 15 is 0 Å². The van der Waals surface area contributed by atoms with Crippen LogP contribution in [0.2, 0.25) is 0 Å². The summed E-state index contributed by atoms with van der Waals surface area (Å²) >= 11 is 0.840. The molecule has 0 saturated carbocycles. The van der Waals surface area contributed by atoms with E-state index in [1.807, 2.05) is 0 Å². The van der Waals surface area contributed by atoms with E-state index < -0.39 is 5.91 Å². The molecule has 0 spiro atoms. The zero-order valence-corrected chi connectivity index (χ0v) is 8.31. The molecule has 76 valence electrons. The highest BCUT2D eigenvalue weighted by atomic mass is 32.2. The Kier molecular flexibility index (Phi) is 2.55. The van der Waals surface area contributed by atoms with Gasteiger partial charge in [-0.25, -0.2) is 4.39 Å². The fourth-order valence-electron chi connectivity index (χ4n) is 1.13. The number of carbonyl (C=O) groups is 2. The van der Waals surface area contributed by atoms with Gasteiger partial charge < -0.3 is 0 Å². The van der Waals surface area contributed by atoms with Crippen LogP contribution in [0.25, 0.3) is 6.08 Å². The highest BCUT2D eigenvalue weighted by Gasteiger charge is 2.24. The van der Waals surface area contributed by atoms with Gasteiger partial charge >= 0.3 is 0 Å². The van der Waals surface area contributed by atoms with Crippen molar-refractivity contribution in [2.24, 2.45) is 0 Å². The zero-order valence-electron chi connectivity index (χ0n) is 7.49. The van der Waals surface area contributed by atoms with E-state index in [1.54, 1.807) is 18.2 Å². The van der Waals surface area contributed by atoms with Crippen LogP contribution in [-0.2, 0) is 4.79 Å². The lowest BCUT2D eigenvalue weighted by molar-refractivity contribution is -0.115. The summed E-state index contributed by atoms with van der Waals surface area (Å²) in [5.74, 6) is -0.744. The maximum atomic E-state index is 12.6. The van der Waals surface area contributed by atoms with E-state index in [2.05, 4.69) is 5.32 Å². The molecule has 15 heavy (non-hydrogen) atoms. The molecule has 3 nitrogen and oxygen atoms in total. The Labute approximate surface area is 89.4 Å². The Bertz CT molecular complexity index is 453. The molecule has 0 atom stereocenters. The smallest absolute Gasteiger partial charge is 0.282 e. The summed E-state index contributed by atoms with van der Waals surface area (Å²) < 4.78 is 12.6. The molecule has 1 aromatic carbocycles. The van der Waals surface area contributed by atoms with Crippen molar-refractivity contribution >= 4 is 29.0 Å². The minimum atomic E-state index is -0.408. The van der Waals surface area contributed by atoms with Crippen LogP contribution in [0.3, 0.4) is 0 Å². The molecule has 0 aliphatic carbocycles. The van der Waals surface area contributed by atoms with Crippen LogP contribution in [0, 0.1) is 5.82 Å². The summed E-state index contributed by atoms with van der Waals surface area (Å²) in [6.45, 7) is 0. The minimum absolute atomic E-state index is 0.326. The third-order valence-corrected chi connectivity index (χ3v) is 2.62. The van der Waals surface area contributed by atoms with Gasteiger partial charge in [0.1, 0.15) is 5.82 Å². The van der Waals surface area contributed by atoms with E-state index in [9.17, 15) is 14.0 Å². The molecule has 1 fully saturated rings. The number of rotatable bonds is 1. The molecule has 0 radical (unpaired) electrons. The van der Waals surface area contributed by atoms with Gasteiger partial charge in [0, 0.05) is 0 Å². The fourth-order valence-corrected chi connectivity index (χ4v) is 1.81. The number of halogens is 1. The Hall–Kier alpha value is -1.62. The van der Waals surface area contributed by atoms with Crippen LogP contribution in [-0.4, -0.2) is 11.1 Å². The molecule has 1 heterocycles. The normalized spacial score (nSPS) is 18.3. The summed E-state index contributed by atoms with van der Waals surface area (Å²) in [6.07, 6.45) is 1.55. The van der Waals surface area contributed by atoms with Crippen LogP contribution in [0.1, 0.15) is 5.56 Å². The predicted molar refractivity (Wildman–Crippen MR) is 55.5 cm³/mol. The lowest BCUT2D eigenvalue weighted by Crippen LogP contribution is -2.17. The molecule has 1 aliphatic heterocycles. The molecule has 0 unspecified atom stereocenters. The second kappa shape index (κ2) is 3.86. The summed E-state index contributed by atoms with van der Waals surface area (Å²) in [5, 5.41) is 1.76. The number of nitrogens with one attached hydrogen (secondary N) is 1. The summed E-state index contributed by atoms with van der Waals surface area (Å²) in [6, 6.07) is 5.68. The highest BCUT2D eigenvalue weighted by molar-refractivity contribution is 8.18. The van der Waals surface area contributed by atoms with Gasteiger partial charge in [-0.15, -0.1) is 0 Å². The number of benzene rings is 1. The van der Waals surface area contributed by atoms with E-state index in [-0.39, 0.29) is 11.1 Å². The first-order valence-electron chi connectivity index (χ1n) is 4.15. The lowest BCUT2D eigenvalue weighted by Gasteiger charge is -1.94. The number of hydrogen-bond donors (Lipinski definition) is 1. The van der Waals surface area contributed by atoms with E-state index in [4.69, 9.17) is 0 Å². The number of imide groups is 1. The summed E-state index contributed by atoms with van der Waals surface area (Å²) in [4.78, 5) is 22.3. The first kappa shape index (κ1) is 9.92. The van der Waals surface area contributed by atoms with Gasteiger partial charge in [0.05, 0.1) is 4.91 Å². The Morgan fingerprint density at radius 3 is 2.40 bits per heavy atom. The number of amides is 2. The molecular weight excluding hydrogens is 217 g/mol. The topological polar surface area (TPSA) is 46.2 Å². The summed E-state index contributed by atoms with van der Waals surface area (Å²) in [7, 11) is 0. The molecule has 0 aromatic heterocycles. The first-order chi connectivity index (χ1) is 7.15. The molecule has 2 rings (SSSR count). The maximum Gasteiger partial charge on any atom is 0.290 e. The van der Waals surface area contributed by atoms with Gasteiger partial charge in [0.25, 0.3) is 11.1 Å². The molecule has 1 aliphatic rings. The molecule has 1 saturated heterocycles. The lowest BCUT2D eigenvalue weighted by atomic mass is 10.2. The highest BCUT2D eigenvalue weighted by Crippen LogP contribution is 2.25. The van der Waals surface area contributed by atoms with Crippen molar-refractivity contribution in [3.63, 3.8) is 0 Å². The van der Waals surface area contributed by atoms with Crippen molar-refractivity contribution < 1.29 is 14.0 Å². The predicted octanol–water partition coefficient (Wildman–Crippen LogP) is 2.15. The van der Waals surface area contributed by atoms with Crippen LogP contribution in [0.4, 0.5) is 9.18 Å². The average molecular weight is 223 g/mol. The second-order valence-corrected chi connectivity index (χ2v) is 3.92. The van der Waals surface area contributed by atoms with Gasteiger partial charge in [0.2, 0.25) is 0 Å². The van der Waals surface area contributed by atoms with Crippen molar-refractivity contribution in [3.05, 3.63) is 40.6 Å². The van der Waals surface area contributed by atoms with Gasteiger partial charge in [-0.3, -0.25) is 14.9 Å². The van der Waals surface area contributed by atoms with Crippen molar-refractivity contribution in [2.75, 3.05) is 0 Å². The standard InChI is InChI=1S/C10H6FNO2S/c11-7-3-1-6(2-4-7)5-8-9(13)12-10(14)15-8/h1-5H,(H,12,13,14)/b8-5-. The molecule has 2 amide bonds. The number of hydrogen-bond acceptors (Lipinski definition) is 3. The fraction of sp³-hybridized carbons (Fsp3) is 0. The third kappa shape index (κ3) is 2.24. The Morgan fingerprint density at radius 2 is 1.87 bits per heavy atom. The molecule has 5 heteroatoms. The molecule has 1 N–H and O–H groups in total. The third-order valence-electron chi connectivity index (χ3n) is 1.81. The van der Waals surface area contributed by atoms with Crippen LogP contribution >= 0.6 is 11.8 Å². The van der Waals surface area contributed by atoms with E-state index in [0.717, 1.165) is 11.8 Å². The minimum Gasteiger partial charge on any atom is -0.282 e. The van der Waals surface area contributed by atoms with Crippen molar-refractivity contribution in [2.45, 2.75) is 0 Å². The van der Waals surface area contributed by atoms with Crippen molar-refractivity contribution in [1.29, 1.82) is 0 Å². The van der Waals surface area contributed by atoms with Gasteiger partial charge in [-0.2, -0.15) is 0 Å². The molecular formula is C10H6FNO2S. The SMILES string of the molecule is O=C1NC(=O)/C(=C/c2ccc(F)cc2)S1. The summed E-state index contributed by atoms with van der Waals surface area (Å²) in [5.41, 5.74) is 0.684. The Morgan fingerprint density at radius 1 is 1.20 bits per heavy atom. The van der Waals surface area contributed by atoms with Gasteiger partial charge in [-0.05, 0) is 35.5 Å². The maximum absolute atomic E-state index is 12.6. The van der Waals surface area contributed by atoms with Gasteiger partial charge in [0.15, 0.2) is 0 Å². The first-order valence-corrected chi connectivity index (χ1v) is 4.97. The van der Waals surface area contributed by atoms with Crippen LogP contribution in [0.15, 0.2) is 29.2 Å². The second-order valence-electron chi connectivity index (χ2n) is 2.90. The van der Waals surface area contributed by atoms with Crippen LogP contribution in [0.5, 0.6) is 0 Å². The van der Waals surface area contributed by atoms with E-state index in [1.165, 1.54) is 12.1 Å².